The molecule has 1 heterocycles. The monoisotopic (exact) mass is 257 g/mol. The number of hydroxylamine groups is 1. The first kappa shape index (κ1) is 12.5. The highest BCUT2D eigenvalue weighted by molar-refractivity contribution is 6.32. The number of halogens is 1. The van der Waals surface area contributed by atoms with Gasteiger partial charge in [0.25, 0.3) is 0 Å². The minimum atomic E-state index is 0.232. The highest BCUT2D eigenvalue weighted by Crippen LogP contribution is 2.46. The molecule has 94 valence electrons. The second kappa shape index (κ2) is 5.12. The van der Waals surface area contributed by atoms with Crippen molar-refractivity contribution in [2.75, 3.05) is 13.9 Å². The zero-order valence-corrected chi connectivity index (χ0v) is 10.9. The lowest BCUT2D eigenvalue weighted by Gasteiger charge is -2.16. The fourth-order valence-corrected chi connectivity index (χ4v) is 2.30. The summed E-state index contributed by atoms with van der Waals surface area (Å²) < 4.78 is 10.9. The molecule has 0 radical (unpaired) electrons. The first-order valence-corrected chi connectivity index (χ1v) is 5.89. The Morgan fingerprint density at radius 1 is 1.41 bits per heavy atom. The van der Waals surface area contributed by atoms with Gasteiger partial charge in [0.15, 0.2) is 11.5 Å². The third-order valence-electron chi connectivity index (χ3n) is 2.71. The number of hydrogen-bond donors (Lipinski definition) is 1. The Hall–Kier alpha value is -0.970. The lowest BCUT2D eigenvalue weighted by molar-refractivity contribution is 0.0864. The molecule has 0 amide bonds. The van der Waals surface area contributed by atoms with Gasteiger partial charge in [0.1, 0.15) is 0 Å². The largest absolute Gasteiger partial charge is 0.453 e. The van der Waals surface area contributed by atoms with E-state index in [0.717, 1.165) is 16.9 Å². The predicted octanol–water partition coefficient (Wildman–Crippen LogP) is 2.84. The van der Waals surface area contributed by atoms with Crippen LogP contribution in [-0.4, -0.2) is 13.9 Å². The molecule has 5 heteroatoms. The van der Waals surface area contributed by atoms with Crippen molar-refractivity contribution in [3.8, 4) is 11.5 Å². The molecule has 0 saturated heterocycles. The van der Waals surface area contributed by atoms with Gasteiger partial charge >= 0.3 is 0 Å². The van der Waals surface area contributed by atoms with E-state index >= 15 is 0 Å². The Morgan fingerprint density at radius 3 is 2.76 bits per heavy atom. The van der Waals surface area contributed by atoms with Gasteiger partial charge in [0, 0.05) is 12.1 Å². The summed E-state index contributed by atoms with van der Waals surface area (Å²) in [5.74, 6) is 1.74. The summed E-state index contributed by atoms with van der Waals surface area (Å²) >= 11 is 6.16. The van der Waals surface area contributed by atoms with Crippen LogP contribution in [0.25, 0.3) is 0 Å². The molecule has 1 aromatic carbocycles. The SMILES string of the molecule is CONCc1cc(Cl)c2c(c1C(C)C)OCO2. The molecular weight excluding hydrogens is 242 g/mol. The number of benzene rings is 1. The van der Waals surface area contributed by atoms with Crippen LogP contribution in [0.3, 0.4) is 0 Å². The van der Waals surface area contributed by atoms with E-state index < -0.39 is 0 Å². The van der Waals surface area contributed by atoms with Crippen molar-refractivity contribution in [3.63, 3.8) is 0 Å². The van der Waals surface area contributed by atoms with E-state index in [2.05, 4.69) is 19.3 Å². The van der Waals surface area contributed by atoms with Crippen molar-refractivity contribution in [1.29, 1.82) is 0 Å². The average Bonchev–Trinajstić information content (AvgIpc) is 2.74. The molecule has 0 aliphatic carbocycles. The van der Waals surface area contributed by atoms with Gasteiger partial charge in [0.2, 0.25) is 6.79 Å². The number of hydrogen-bond acceptors (Lipinski definition) is 4. The van der Waals surface area contributed by atoms with Crippen molar-refractivity contribution < 1.29 is 14.3 Å². The smallest absolute Gasteiger partial charge is 0.231 e. The van der Waals surface area contributed by atoms with Gasteiger partial charge in [0.05, 0.1) is 12.1 Å². The van der Waals surface area contributed by atoms with Crippen LogP contribution >= 0.6 is 11.6 Å². The number of nitrogens with one attached hydrogen (secondary N) is 1. The molecule has 17 heavy (non-hydrogen) atoms. The number of rotatable bonds is 4. The van der Waals surface area contributed by atoms with Gasteiger partial charge in [-0.05, 0) is 17.5 Å². The van der Waals surface area contributed by atoms with E-state index in [1.165, 1.54) is 0 Å². The summed E-state index contributed by atoms with van der Waals surface area (Å²) in [5.41, 5.74) is 5.01. The van der Waals surface area contributed by atoms with Crippen molar-refractivity contribution in [2.45, 2.75) is 26.3 Å². The Bertz CT molecular complexity index is 421. The van der Waals surface area contributed by atoms with Crippen LogP contribution in [0, 0.1) is 0 Å². The highest BCUT2D eigenvalue weighted by Gasteiger charge is 2.25. The normalized spacial score (nSPS) is 13.5. The van der Waals surface area contributed by atoms with E-state index in [0.29, 0.717) is 23.2 Å². The van der Waals surface area contributed by atoms with Crippen molar-refractivity contribution in [3.05, 3.63) is 22.2 Å². The zero-order chi connectivity index (χ0) is 12.4. The maximum Gasteiger partial charge on any atom is 0.231 e. The lowest BCUT2D eigenvalue weighted by atomic mass is 9.95. The van der Waals surface area contributed by atoms with Crippen LogP contribution in [0.4, 0.5) is 0 Å². The Balaban J connectivity index is 2.47. The summed E-state index contributed by atoms with van der Waals surface area (Å²) in [4.78, 5) is 4.87. The molecule has 0 fully saturated rings. The summed E-state index contributed by atoms with van der Waals surface area (Å²) in [6, 6.07) is 1.90. The molecule has 2 rings (SSSR count). The Morgan fingerprint density at radius 2 is 2.12 bits per heavy atom. The molecule has 1 aliphatic rings. The van der Waals surface area contributed by atoms with Crippen molar-refractivity contribution in [1.82, 2.24) is 5.48 Å². The van der Waals surface area contributed by atoms with E-state index in [4.69, 9.17) is 25.9 Å². The van der Waals surface area contributed by atoms with E-state index in [-0.39, 0.29) is 6.79 Å². The van der Waals surface area contributed by atoms with Crippen LogP contribution in [-0.2, 0) is 11.4 Å². The van der Waals surface area contributed by atoms with E-state index in [9.17, 15) is 0 Å². The molecule has 0 aromatic heterocycles. The van der Waals surface area contributed by atoms with Gasteiger partial charge < -0.3 is 14.3 Å². The zero-order valence-electron chi connectivity index (χ0n) is 10.2. The first-order valence-electron chi connectivity index (χ1n) is 5.51. The second-order valence-electron chi connectivity index (χ2n) is 4.18. The summed E-state index contributed by atoms with van der Waals surface area (Å²) in [6.07, 6.45) is 0. The third-order valence-corrected chi connectivity index (χ3v) is 2.99. The van der Waals surface area contributed by atoms with Gasteiger partial charge in [-0.25, -0.2) is 0 Å². The van der Waals surface area contributed by atoms with Crippen LogP contribution in [0.2, 0.25) is 5.02 Å². The standard InChI is InChI=1S/C12H16ClNO3/c1-7(2)10-8(5-14-15-3)4-9(13)11-12(10)17-6-16-11/h4,7,14H,5-6H2,1-3H3. The molecule has 0 atom stereocenters. The summed E-state index contributed by atoms with van der Waals surface area (Å²) in [7, 11) is 1.59. The minimum Gasteiger partial charge on any atom is -0.453 e. The molecule has 1 aliphatic heterocycles. The topological polar surface area (TPSA) is 39.7 Å². The first-order chi connectivity index (χ1) is 8.15. The Kier molecular flexibility index (Phi) is 3.76. The van der Waals surface area contributed by atoms with Crippen LogP contribution in [0.15, 0.2) is 6.07 Å². The molecule has 0 bridgehead atoms. The third kappa shape index (κ3) is 2.34. The van der Waals surface area contributed by atoms with E-state index in [1.54, 1.807) is 7.11 Å². The molecule has 0 unspecified atom stereocenters. The van der Waals surface area contributed by atoms with Crippen LogP contribution in [0.1, 0.15) is 30.9 Å². The molecule has 1 N–H and O–H groups in total. The average molecular weight is 258 g/mol. The number of fused-ring (bicyclic) bond motifs is 1. The fourth-order valence-electron chi connectivity index (χ4n) is 2.03. The quantitative estimate of drug-likeness (QED) is 0.842. The molecule has 4 nitrogen and oxygen atoms in total. The molecule has 1 aromatic rings. The van der Waals surface area contributed by atoms with Crippen molar-refractivity contribution in [2.24, 2.45) is 0 Å². The number of ether oxygens (including phenoxy) is 2. The van der Waals surface area contributed by atoms with E-state index in [1.807, 2.05) is 6.07 Å². The summed E-state index contributed by atoms with van der Waals surface area (Å²) in [6.45, 7) is 5.04. The Labute approximate surface area is 106 Å². The predicted molar refractivity (Wildman–Crippen MR) is 65.5 cm³/mol. The molecule has 0 saturated carbocycles. The maximum absolute atomic E-state index is 6.16. The molecule has 0 spiro atoms. The van der Waals surface area contributed by atoms with Gasteiger partial charge in [-0.15, -0.1) is 0 Å². The second-order valence-corrected chi connectivity index (χ2v) is 4.58. The van der Waals surface area contributed by atoms with Gasteiger partial charge in [-0.1, -0.05) is 25.4 Å². The fraction of sp³-hybridized carbons (Fsp3) is 0.500. The minimum absolute atomic E-state index is 0.232. The summed E-state index contributed by atoms with van der Waals surface area (Å²) in [5, 5.41) is 0.579. The highest BCUT2D eigenvalue weighted by atomic mass is 35.5. The van der Waals surface area contributed by atoms with Crippen LogP contribution < -0.4 is 15.0 Å². The van der Waals surface area contributed by atoms with Gasteiger partial charge in [-0.2, -0.15) is 5.48 Å². The van der Waals surface area contributed by atoms with Crippen LogP contribution in [0.5, 0.6) is 11.5 Å². The van der Waals surface area contributed by atoms with Gasteiger partial charge in [-0.3, -0.25) is 0 Å². The lowest BCUT2D eigenvalue weighted by Crippen LogP contribution is -2.13. The molecular formula is C12H16ClNO3. The maximum atomic E-state index is 6.16. The van der Waals surface area contributed by atoms with Crippen molar-refractivity contribution >= 4 is 11.6 Å².